The highest BCUT2D eigenvalue weighted by atomic mass is 32.2. The fourth-order valence-corrected chi connectivity index (χ4v) is 1.64. The molecule has 0 saturated heterocycles. The zero-order valence-electron chi connectivity index (χ0n) is 9.30. The summed E-state index contributed by atoms with van der Waals surface area (Å²) < 4.78 is 24.3. The van der Waals surface area contributed by atoms with Crippen LogP contribution in [0.4, 0.5) is 5.82 Å². The molecule has 1 heterocycles. The van der Waals surface area contributed by atoms with E-state index in [4.69, 9.17) is 5.73 Å². The predicted octanol–water partition coefficient (Wildman–Crippen LogP) is -1.06. The van der Waals surface area contributed by atoms with E-state index in [9.17, 15) is 13.2 Å². The molecule has 0 fully saturated rings. The second-order valence-electron chi connectivity index (χ2n) is 3.23. The Balaban J connectivity index is 2.51. The zero-order valence-corrected chi connectivity index (χ0v) is 10.1. The Hall–Kier alpha value is -1.67. The summed E-state index contributed by atoms with van der Waals surface area (Å²) in [6.45, 7) is 0.0124. The lowest BCUT2D eigenvalue weighted by Gasteiger charge is -2.05. The Morgan fingerprint density at radius 1 is 1.47 bits per heavy atom. The first-order valence-electron chi connectivity index (χ1n) is 4.86. The van der Waals surface area contributed by atoms with Crippen molar-refractivity contribution < 1.29 is 13.2 Å². The van der Waals surface area contributed by atoms with Crippen molar-refractivity contribution in [3.63, 3.8) is 0 Å². The van der Waals surface area contributed by atoms with Gasteiger partial charge in [-0.2, -0.15) is 0 Å². The lowest BCUT2D eigenvalue weighted by molar-refractivity contribution is 0.0951. The summed E-state index contributed by atoms with van der Waals surface area (Å²) in [6.07, 6.45) is 0. The second kappa shape index (κ2) is 5.60. The van der Waals surface area contributed by atoms with Crippen molar-refractivity contribution in [3.8, 4) is 0 Å². The fourth-order valence-electron chi connectivity index (χ4n) is 1.07. The predicted molar refractivity (Wildman–Crippen MR) is 63.8 cm³/mol. The topological polar surface area (TPSA) is 114 Å². The van der Waals surface area contributed by atoms with Crippen LogP contribution in [0.25, 0.3) is 0 Å². The SMILES string of the molecule is CNS(=O)(=O)CCNC(=O)c1cccc(N)n1. The highest BCUT2D eigenvalue weighted by Crippen LogP contribution is 1.99. The van der Waals surface area contributed by atoms with Crippen LogP contribution in [-0.4, -0.2) is 38.7 Å². The number of nitrogens with zero attached hydrogens (tertiary/aromatic N) is 1. The molecule has 0 saturated carbocycles. The maximum absolute atomic E-state index is 11.5. The van der Waals surface area contributed by atoms with Crippen LogP contribution in [0.1, 0.15) is 10.5 Å². The Bertz CT molecular complexity index is 501. The maximum Gasteiger partial charge on any atom is 0.269 e. The van der Waals surface area contributed by atoms with E-state index in [-0.39, 0.29) is 23.8 Å². The van der Waals surface area contributed by atoms with Crippen molar-refractivity contribution in [2.24, 2.45) is 0 Å². The number of rotatable bonds is 5. The number of pyridine rings is 1. The van der Waals surface area contributed by atoms with Crippen LogP contribution in [-0.2, 0) is 10.0 Å². The molecule has 0 atom stereocenters. The monoisotopic (exact) mass is 258 g/mol. The van der Waals surface area contributed by atoms with Crippen LogP contribution < -0.4 is 15.8 Å². The van der Waals surface area contributed by atoms with Crippen LogP contribution in [0.3, 0.4) is 0 Å². The minimum absolute atomic E-state index is 0.0124. The lowest BCUT2D eigenvalue weighted by Crippen LogP contribution is -2.33. The standard InChI is InChI=1S/C9H14N4O3S/c1-11-17(15,16)6-5-12-9(14)7-3-2-4-8(10)13-7/h2-4,11H,5-6H2,1H3,(H2,10,13)(H,12,14). The van der Waals surface area contributed by atoms with Gasteiger partial charge in [0.1, 0.15) is 11.5 Å². The normalized spacial score (nSPS) is 11.1. The van der Waals surface area contributed by atoms with E-state index in [1.165, 1.54) is 13.1 Å². The molecule has 0 bridgehead atoms. The zero-order chi connectivity index (χ0) is 12.9. The number of carbonyl (C=O) groups excluding carboxylic acids is 1. The average molecular weight is 258 g/mol. The number of nitrogens with one attached hydrogen (secondary N) is 2. The third kappa shape index (κ3) is 4.37. The number of sulfonamides is 1. The van der Waals surface area contributed by atoms with E-state index in [0.717, 1.165) is 0 Å². The molecule has 1 aromatic rings. The van der Waals surface area contributed by atoms with E-state index in [2.05, 4.69) is 15.0 Å². The van der Waals surface area contributed by atoms with Gasteiger partial charge in [-0.05, 0) is 19.2 Å². The average Bonchev–Trinajstić information content (AvgIpc) is 2.28. The van der Waals surface area contributed by atoms with Crippen LogP contribution in [0.5, 0.6) is 0 Å². The summed E-state index contributed by atoms with van der Waals surface area (Å²) in [6, 6.07) is 4.65. The number of nitrogens with two attached hydrogens (primary N) is 1. The summed E-state index contributed by atoms with van der Waals surface area (Å²) in [5.41, 5.74) is 5.58. The van der Waals surface area contributed by atoms with Crippen molar-refractivity contribution in [1.29, 1.82) is 0 Å². The van der Waals surface area contributed by atoms with E-state index in [1.54, 1.807) is 12.1 Å². The van der Waals surface area contributed by atoms with E-state index in [0.29, 0.717) is 0 Å². The first kappa shape index (κ1) is 13.4. The van der Waals surface area contributed by atoms with Crippen LogP contribution in [0.15, 0.2) is 18.2 Å². The molecule has 0 aliphatic rings. The molecule has 7 nitrogen and oxygen atoms in total. The second-order valence-corrected chi connectivity index (χ2v) is 5.27. The molecule has 1 amide bonds. The fraction of sp³-hybridized carbons (Fsp3) is 0.333. The van der Waals surface area contributed by atoms with Gasteiger partial charge in [-0.25, -0.2) is 18.1 Å². The summed E-state index contributed by atoms with van der Waals surface area (Å²) in [4.78, 5) is 15.3. The van der Waals surface area contributed by atoms with Gasteiger partial charge in [-0.3, -0.25) is 4.79 Å². The van der Waals surface area contributed by atoms with Crippen molar-refractivity contribution in [2.45, 2.75) is 0 Å². The molecule has 8 heteroatoms. The largest absolute Gasteiger partial charge is 0.384 e. The number of aromatic nitrogens is 1. The molecule has 0 unspecified atom stereocenters. The minimum atomic E-state index is -3.32. The van der Waals surface area contributed by atoms with Gasteiger partial charge < -0.3 is 11.1 Å². The van der Waals surface area contributed by atoms with Crippen molar-refractivity contribution in [3.05, 3.63) is 23.9 Å². The van der Waals surface area contributed by atoms with Gasteiger partial charge in [0.05, 0.1) is 5.75 Å². The molecular formula is C9H14N4O3S. The summed E-state index contributed by atoms with van der Waals surface area (Å²) in [5.74, 6) is -0.401. The molecule has 17 heavy (non-hydrogen) atoms. The molecule has 0 aliphatic heterocycles. The van der Waals surface area contributed by atoms with Gasteiger partial charge >= 0.3 is 0 Å². The summed E-state index contributed by atoms with van der Waals surface area (Å²) >= 11 is 0. The number of hydrogen-bond acceptors (Lipinski definition) is 5. The van der Waals surface area contributed by atoms with Crippen molar-refractivity contribution >= 4 is 21.7 Å². The first-order chi connectivity index (χ1) is 7.94. The molecular weight excluding hydrogens is 244 g/mol. The Labute approximate surface area is 99.5 Å². The Morgan fingerprint density at radius 2 is 2.18 bits per heavy atom. The molecule has 0 aliphatic carbocycles. The van der Waals surface area contributed by atoms with Gasteiger partial charge in [0.2, 0.25) is 10.0 Å². The summed E-state index contributed by atoms with van der Waals surface area (Å²) in [7, 11) is -2.00. The van der Waals surface area contributed by atoms with Crippen LogP contribution in [0.2, 0.25) is 0 Å². The number of amides is 1. The van der Waals surface area contributed by atoms with Gasteiger partial charge in [0.25, 0.3) is 5.91 Å². The van der Waals surface area contributed by atoms with Gasteiger partial charge in [-0.15, -0.1) is 0 Å². The third-order valence-corrected chi connectivity index (χ3v) is 3.33. The van der Waals surface area contributed by atoms with Crippen LogP contribution in [0, 0.1) is 0 Å². The number of hydrogen-bond donors (Lipinski definition) is 3. The minimum Gasteiger partial charge on any atom is -0.384 e. The van der Waals surface area contributed by atoms with E-state index >= 15 is 0 Å². The molecule has 0 radical (unpaired) electrons. The van der Waals surface area contributed by atoms with Gasteiger partial charge in [-0.1, -0.05) is 6.07 Å². The van der Waals surface area contributed by atoms with Gasteiger partial charge in [0.15, 0.2) is 0 Å². The van der Waals surface area contributed by atoms with E-state index in [1.807, 2.05) is 0 Å². The van der Waals surface area contributed by atoms with Gasteiger partial charge in [0, 0.05) is 6.54 Å². The quantitative estimate of drug-likeness (QED) is 0.623. The number of nitrogen functional groups attached to an aromatic ring is 1. The number of anilines is 1. The molecule has 4 N–H and O–H groups in total. The molecule has 0 spiro atoms. The summed E-state index contributed by atoms with van der Waals surface area (Å²) in [5, 5.41) is 2.44. The number of carbonyl (C=O) groups is 1. The Kier molecular flexibility index (Phi) is 4.41. The highest BCUT2D eigenvalue weighted by molar-refractivity contribution is 7.89. The molecule has 94 valence electrons. The smallest absolute Gasteiger partial charge is 0.269 e. The van der Waals surface area contributed by atoms with Crippen molar-refractivity contribution in [1.82, 2.24) is 15.0 Å². The highest BCUT2D eigenvalue weighted by Gasteiger charge is 2.10. The maximum atomic E-state index is 11.5. The Morgan fingerprint density at radius 3 is 2.76 bits per heavy atom. The van der Waals surface area contributed by atoms with E-state index < -0.39 is 15.9 Å². The molecule has 1 aromatic heterocycles. The molecule has 0 aromatic carbocycles. The van der Waals surface area contributed by atoms with Crippen LogP contribution >= 0.6 is 0 Å². The lowest BCUT2D eigenvalue weighted by atomic mass is 10.3. The first-order valence-corrected chi connectivity index (χ1v) is 6.52. The van der Waals surface area contributed by atoms with Crippen molar-refractivity contribution in [2.75, 3.05) is 25.1 Å². The molecule has 1 rings (SSSR count). The third-order valence-electron chi connectivity index (χ3n) is 1.97.